The van der Waals surface area contributed by atoms with Crippen LogP contribution >= 0.6 is 11.6 Å². The average molecular weight is 402 g/mol. The number of hydrazone groups is 1. The normalized spacial score (nSPS) is 12.1. The van der Waals surface area contributed by atoms with E-state index in [9.17, 15) is 9.59 Å². The lowest BCUT2D eigenvalue weighted by atomic mass is 10.0. The van der Waals surface area contributed by atoms with Crippen LogP contribution in [0.5, 0.6) is 5.75 Å². The fourth-order valence-corrected chi connectivity index (χ4v) is 2.69. The summed E-state index contributed by atoms with van der Waals surface area (Å²) in [6.07, 6.45) is 1.45. The van der Waals surface area contributed by atoms with E-state index in [1.54, 1.807) is 30.3 Å². The summed E-state index contributed by atoms with van der Waals surface area (Å²) in [4.78, 5) is 25.0. The van der Waals surface area contributed by atoms with E-state index in [2.05, 4.69) is 15.8 Å². The van der Waals surface area contributed by atoms with Crippen molar-refractivity contribution < 1.29 is 14.3 Å². The first-order valence-electron chi connectivity index (χ1n) is 8.85. The Morgan fingerprint density at radius 2 is 1.82 bits per heavy atom. The van der Waals surface area contributed by atoms with Gasteiger partial charge in [0.1, 0.15) is 11.8 Å². The third-order valence-corrected chi connectivity index (χ3v) is 4.35. The molecule has 28 heavy (non-hydrogen) atoms. The van der Waals surface area contributed by atoms with Gasteiger partial charge in [0, 0.05) is 16.1 Å². The highest BCUT2D eigenvalue weighted by Gasteiger charge is 2.24. The second-order valence-corrected chi connectivity index (χ2v) is 7.12. The molecule has 0 bridgehead atoms. The van der Waals surface area contributed by atoms with Gasteiger partial charge in [0.15, 0.2) is 0 Å². The minimum absolute atomic E-state index is 0.120. The first kappa shape index (κ1) is 21.4. The molecule has 2 amide bonds. The maximum absolute atomic E-state index is 12.5. The molecule has 0 spiro atoms. The Balaban J connectivity index is 2.06. The average Bonchev–Trinajstić information content (AvgIpc) is 2.66. The molecule has 148 valence electrons. The highest BCUT2D eigenvalue weighted by atomic mass is 35.5. The van der Waals surface area contributed by atoms with Gasteiger partial charge < -0.3 is 10.1 Å². The number of benzene rings is 2. The molecule has 2 aromatic rings. The highest BCUT2D eigenvalue weighted by Crippen LogP contribution is 2.20. The molecule has 2 rings (SSSR count). The Morgan fingerprint density at radius 3 is 2.43 bits per heavy atom. The summed E-state index contributed by atoms with van der Waals surface area (Å²) in [6, 6.07) is 11.5. The van der Waals surface area contributed by atoms with E-state index in [4.69, 9.17) is 16.3 Å². The molecule has 1 unspecified atom stereocenters. The number of hydrogen-bond acceptors (Lipinski definition) is 4. The smallest absolute Gasteiger partial charge is 0.262 e. The van der Waals surface area contributed by atoms with Crippen LogP contribution in [0.3, 0.4) is 0 Å². The molecule has 0 heterocycles. The van der Waals surface area contributed by atoms with Crippen LogP contribution in [0.15, 0.2) is 47.6 Å². The maximum Gasteiger partial charge on any atom is 0.262 e. The second kappa shape index (κ2) is 9.90. The molecular formula is C21H24ClN3O3. The topological polar surface area (TPSA) is 79.8 Å². The van der Waals surface area contributed by atoms with Crippen molar-refractivity contribution in [2.24, 2.45) is 11.0 Å². The molecule has 0 aromatic heterocycles. The van der Waals surface area contributed by atoms with E-state index in [1.807, 2.05) is 32.9 Å². The molecule has 0 saturated heterocycles. The van der Waals surface area contributed by atoms with E-state index in [1.165, 1.54) is 13.3 Å². The lowest BCUT2D eigenvalue weighted by molar-refractivity contribution is -0.123. The summed E-state index contributed by atoms with van der Waals surface area (Å²) < 4.78 is 5.23. The number of amides is 2. The van der Waals surface area contributed by atoms with Crippen LogP contribution in [0.4, 0.5) is 0 Å². The number of rotatable bonds is 7. The second-order valence-electron chi connectivity index (χ2n) is 6.68. The van der Waals surface area contributed by atoms with Gasteiger partial charge >= 0.3 is 0 Å². The van der Waals surface area contributed by atoms with Crippen molar-refractivity contribution in [3.8, 4) is 5.75 Å². The van der Waals surface area contributed by atoms with Gasteiger partial charge in [-0.15, -0.1) is 0 Å². The van der Waals surface area contributed by atoms with Gasteiger partial charge in [-0.2, -0.15) is 5.10 Å². The van der Waals surface area contributed by atoms with Crippen molar-refractivity contribution in [1.82, 2.24) is 10.7 Å². The number of ether oxygens (including phenoxy) is 1. The summed E-state index contributed by atoms with van der Waals surface area (Å²) in [5.41, 5.74) is 4.64. The Labute approximate surface area is 169 Å². The molecule has 6 nitrogen and oxygen atoms in total. The van der Waals surface area contributed by atoms with Crippen molar-refractivity contribution in [2.45, 2.75) is 26.8 Å². The largest absolute Gasteiger partial charge is 0.496 e. The van der Waals surface area contributed by atoms with Crippen LogP contribution in [-0.4, -0.2) is 31.2 Å². The van der Waals surface area contributed by atoms with Crippen LogP contribution in [0.2, 0.25) is 5.02 Å². The number of halogens is 1. The zero-order valence-corrected chi connectivity index (χ0v) is 17.1. The summed E-state index contributed by atoms with van der Waals surface area (Å²) in [5.74, 6) is -0.261. The minimum atomic E-state index is -0.729. The van der Waals surface area contributed by atoms with Gasteiger partial charge in [-0.25, -0.2) is 5.43 Å². The fourth-order valence-electron chi connectivity index (χ4n) is 2.51. The van der Waals surface area contributed by atoms with Gasteiger partial charge in [-0.3, -0.25) is 9.59 Å². The number of nitrogens with one attached hydrogen (secondary N) is 2. The Hall–Kier alpha value is -2.86. The standard InChI is InChI=1S/C21H24ClN3O3/c1-13(2)19(24-20(26)15-7-5-14(3)6-8-15)21(27)25-23-12-16-11-17(22)9-10-18(16)28-4/h5-13,19H,1-4H3,(H,24,26)(H,25,27). The predicted octanol–water partition coefficient (Wildman–Crippen LogP) is 3.56. The summed E-state index contributed by atoms with van der Waals surface area (Å²) in [6.45, 7) is 5.64. The van der Waals surface area contributed by atoms with Gasteiger partial charge in [0.05, 0.1) is 13.3 Å². The van der Waals surface area contributed by atoms with Crippen LogP contribution in [0.1, 0.15) is 35.3 Å². The molecule has 0 aliphatic rings. The van der Waals surface area contributed by atoms with Crippen LogP contribution in [-0.2, 0) is 4.79 Å². The van der Waals surface area contributed by atoms with Crippen LogP contribution < -0.4 is 15.5 Å². The zero-order chi connectivity index (χ0) is 20.7. The first-order valence-corrected chi connectivity index (χ1v) is 9.23. The van der Waals surface area contributed by atoms with E-state index in [-0.39, 0.29) is 11.8 Å². The minimum Gasteiger partial charge on any atom is -0.496 e. The molecule has 0 aliphatic heterocycles. The van der Waals surface area contributed by atoms with Gasteiger partial charge in [0.25, 0.3) is 11.8 Å². The molecule has 1 atom stereocenters. The van der Waals surface area contributed by atoms with Crippen LogP contribution in [0, 0.1) is 12.8 Å². The van der Waals surface area contributed by atoms with E-state index in [0.29, 0.717) is 21.9 Å². The quantitative estimate of drug-likeness (QED) is 0.550. The van der Waals surface area contributed by atoms with Crippen molar-refractivity contribution >= 4 is 29.6 Å². The van der Waals surface area contributed by atoms with Crippen molar-refractivity contribution in [3.63, 3.8) is 0 Å². The van der Waals surface area contributed by atoms with Gasteiger partial charge in [-0.05, 0) is 43.2 Å². The van der Waals surface area contributed by atoms with E-state index < -0.39 is 11.9 Å². The number of nitrogens with zero attached hydrogens (tertiary/aromatic N) is 1. The first-order chi connectivity index (χ1) is 13.3. The fraction of sp³-hybridized carbons (Fsp3) is 0.286. The molecule has 0 radical (unpaired) electrons. The van der Waals surface area contributed by atoms with Crippen LogP contribution in [0.25, 0.3) is 0 Å². The number of hydrogen-bond donors (Lipinski definition) is 2. The number of carbonyl (C=O) groups excluding carboxylic acids is 2. The Morgan fingerprint density at radius 1 is 1.14 bits per heavy atom. The van der Waals surface area contributed by atoms with Crippen molar-refractivity contribution in [2.75, 3.05) is 7.11 Å². The highest BCUT2D eigenvalue weighted by molar-refractivity contribution is 6.30. The third kappa shape index (κ3) is 5.82. The van der Waals surface area contributed by atoms with E-state index in [0.717, 1.165) is 5.56 Å². The number of aryl methyl sites for hydroxylation is 1. The number of carbonyl (C=O) groups is 2. The van der Waals surface area contributed by atoms with Crippen molar-refractivity contribution in [3.05, 3.63) is 64.2 Å². The molecule has 2 aromatic carbocycles. The molecule has 7 heteroatoms. The Kier molecular flexibility index (Phi) is 7.58. The summed E-state index contributed by atoms with van der Waals surface area (Å²) in [5, 5.41) is 7.26. The monoisotopic (exact) mass is 401 g/mol. The molecular weight excluding hydrogens is 378 g/mol. The van der Waals surface area contributed by atoms with Gasteiger partial charge in [0.2, 0.25) is 0 Å². The molecule has 0 fully saturated rings. The lowest BCUT2D eigenvalue weighted by Gasteiger charge is -2.20. The lowest BCUT2D eigenvalue weighted by Crippen LogP contribution is -2.48. The maximum atomic E-state index is 12.5. The Bertz CT molecular complexity index is 864. The predicted molar refractivity (Wildman–Crippen MR) is 111 cm³/mol. The zero-order valence-electron chi connectivity index (χ0n) is 16.3. The third-order valence-electron chi connectivity index (χ3n) is 4.12. The van der Waals surface area contributed by atoms with Gasteiger partial charge in [-0.1, -0.05) is 43.1 Å². The molecule has 0 saturated carbocycles. The number of methoxy groups -OCH3 is 1. The molecule has 2 N–H and O–H groups in total. The SMILES string of the molecule is COc1ccc(Cl)cc1C=NNC(=O)C(NC(=O)c1ccc(C)cc1)C(C)C. The van der Waals surface area contributed by atoms with Crippen molar-refractivity contribution in [1.29, 1.82) is 0 Å². The van der Waals surface area contributed by atoms with E-state index >= 15 is 0 Å². The summed E-state index contributed by atoms with van der Waals surface area (Å²) >= 11 is 5.98. The molecule has 0 aliphatic carbocycles. The summed E-state index contributed by atoms with van der Waals surface area (Å²) in [7, 11) is 1.54.